The standard InChI is InChI=1S/C23H21N/c1-5-16-6-8-18-19-9-7-17(22-12-15(2)10-11-24-22)14-21(19)23(3,4)20(18)13-16/h5-14H,1H2,2-4H3/i2D3. The van der Waals surface area contributed by atoms with Crippen molar-refractivity contribution in [1.29, 1.82) is 0 Å². The molecule has 0 fully saturated rings. The second kappa shape index (κ2) is 5.17. The van der Waals surface area contributed by atoms with E-state index in [-0.39, 0.29) is 5.41 Å². The van der Waals surface area contributed by atoms with Gasteiger partial charge in [0.1, 0.15) is 0 Å². The van der Waals surface area contributed by atoms with E-state index in [1.54, 1.807) is 18.3 Å². The summed E-state index contributed by atoms with van der Waals surface area (Å²) in [5.74, 6) is 0. The average Bonchev–Trinajstić information content (AvgIpc) is 2.88. The molecule has 0 spiro atoms. The van der Waals surface area contributed by atoms with Crippen LogP contribution in [0.3, 0.4) is 0 Å². The first-order valence-corrected chi connectivity index (χ1v) is 8.10. The minimum absolute atomic E-state index is 0.138. The van der Waals surface area contributed by atoms with Crippen LogP contribution >= 0.6 is 0 Å². The van der Waals surface area contributed by atoms with Gasteiger partial charge in [-0.15, -0.1) is 0 Å². The van der Waals surface area contributed by atoms with E-state index in [2.05, 4.69) is 55.7 Å². The second-order valence-corrected chi connectivity index (χ2v) is 6.82. The topological polar surface area (TPSA) is 12.9 Å². The molecule has 0 aliphatic heterocycles. The predicted octanol–water partition coefficient (Wildman–Crippen LogP) is 6.01. The van der Waals surface area contributed by atoms with Crippen molar-refractivity contribution < 1.29 is 4.11 Å². The minimum Gasteiger partial charge on any atom is -0.256 e. The maximum atomic E-state index is 7.64. The maximum absolute atomic E-state index is 7.64. The van der Waals surface area contributed by atoms with Gasteiger partial charge in [-0.05, 0) is 58.4 Å². The number of rotatable bonds is 2. The molecule has 0 bridgehead atoms. The molecule has 0 amide bonds. The third-order valence-corrected chi connectivity index (χ3v) is 4.99. The summed E-state index contributed by atoms with van der Waals surface area (Å²) in [5, 5.41) is 0. The molecule has 24 heavy (non-hydrogen) atoms. The van der Waals surface area contributed by atoms with Crippen LogP contribution < -0.4 is 0 Å². The van der Waals surface area contributed by atoms with Gasteiger partial charge in [-0.1, -0.05) is 56.8 Å². The Hall–Kier alpha value is -2.67. The first kappa shape index (κ1) is 11.8. The van der Waals surface area contributed by atoms with Gasteiger partial charge >= 0.3 is 0 Å². The minimum atomic E-state index is -2.13. The molecule has 118 valence electrons. The Morgan fingerprint density at radius 1 is 1.00 bits per heavy atom. The van der Waals surface area contributed by atoms with Gasteiger partial charge in [0.25, 0.3) is 0 Å². The number of hydrogen-bond donors (Lipinski definition) is 0. The van der Waals surface area contributed by atoms with Crippen LogP contribution in [-0.2, 0) is 5.41 Å². The predicted molar refractivity (Wildman–Crippen MR) is 102 cm³/mol. The fraction of sp³-hybridized carbons (Fsp3) is 0.174. The molecule has 1 aliphatic carbocycles. The largest absolute Gasteiger partial charge is 0.256 e. The second-order valence-electron chi connectivity index (χ2n) is 6.82. The summed E-state index contributed by atoms with van der Waals surface area (Å²) in [7, 11) is 0. The van der Waals surface area contributed by atoms with Gasteiger partial charge in [0.2, 0.25) is 0 Å². The summed E-state index contributed by atoms with van der Waals surface area (Å²) < 4.78 is 22.9. The van der Waals surface area contributed by atoms with E-state index in [1.807, 2.05) is 12.1 Å². The van der Waals surface area contributed by atoms with E-state index in [0.29, 0.717) is 11.3 Å². The van der Waals surface area contributed by atoms with Gasteiger partial charge in [0, 0.05) is 21.3 Å². The van der Waals surface area contributed by atoms with Crippen molar-refractivity contribution in [3.63, 3.8) is 0 Å². The highest BCUT2D eigenvalue weighted by Crippen LogP contribution is 2.49. The van der Waals surface area contributed by atoms with E-state index in [4.69, 9.17) is 4.11 Å². The van der Waals surface area contributed by atoms with E-state index in [0.717, 1.165) is 11.1 Å². The lowest BCUT2D eigenvalue weighted by molar-refractivity contribution is 0.660. The Kier molecular flexibility index (Phi) is 2.54. The molecular formula is C23H21N. The molecule has 0 radical (unpaired) electrons. The Morgan fingerprint density at radius 2 is 1.75 bits per heavy atom. The number of aryl methyl sites for hydroxylation is 1. The summed E-state index contributed by atoms with van der Waals surface area (Å²) in [6, 6.07) is 16.0. The van der Waals surface area contributed by atoms with Crippen LogP contribution in [-0.4, -0.2) is 4.98 Å². The Labute approximate surface area is 147 Å². The Bertz CT molecular complexity index is 1060. The van der Waals surface area contributed by atoms with Crippen molar-refractivity contribution >= 4 is 6.08 Å². The fourth-order valence-electron chi connectivity index (χ4n) is 3.63. The van der Waals surface area contributed by atoms with Crippen LogP contribution in [0.2, 0.25) is 0 Å². The number of pyridine rings is 1. The van der Waals surface area contributed by atoms with E-state index in [1.165, 1.54) is 22.3 Å². The van der Waals surface area contributed by atoms with Crippen LogP contribution in [0.4, 0.5) is 0 Å². The Morgan fingerprint density at radius 3 is 2.50 bits per heavy atom. The summed E-state index contributed by atoms with van der Waals surface area (Å²) in [5.41, 5.74) is 7.90. The number of aromatic nitrogens is 1. The average molecular weight is 314 g/mol. The molecule has 0 N–H and O–H groups in total. The molecule has 1 nitrogen and oxygen atoms in total. The van der Waals surface area contributed by atoms with E-state index in [9.17, 15) is 0 Å². The molecule has 0 saturated carbocycles. The van der Waals surface area contributed by atoms with Crippen molar-refractivity contribution in [1.82, 2.24) is 4.98 Å². The van der Waals surface area contributed by atoms with Gasteiger partial charge in [-0.25, -0.2) is 0 Å². The smallest absolute Gasteiger partial charge is 0.0704 e. The molecule has 2 aromatic carbocycles. The zero-order chi connectivity index (χ0) is 19.4. The highest BCUT2D eigenvalue weighted by molar-refractivity contribution is 5.84. The zero-order valence-electron chi connectivity index (χ0n) is 16.9. The SMILES string of the molecule is [2H]C([2H])([2H])c1ccnc(-c2ccc3c(c2)C(C)(C)c2cc(C=C)ccc2-3)c1. The monoisotopic (exact) mass is 314 g/mol. The summed E-state index contributed by atoms with van der Waals surface area (Å²) in [4.78, 5) is 4.41. The fourth-order valence-corrected chi connectivity index (χ4v) is 3.63. The highest BCUT2D eigenvalue weighted by Gasteiger charge is 2.35. The molecule has 0 saturated heterocycles. The molecule has 0 atom stereocenters. The van der Waals surface area contributed by atoms with Gasteiger partial charge in [0.05, 0.1) is 5.69 Å². The molecule has 1 aromatic heterocycles. The number of hydrogen-bond acceptors (Lipinski definition) is 1. The first-order chi connectivity index (χ1) is 12.7. The summed E-state index contributed by atoms with van der Waals surface area (Å²) in [6.07, 6.45) is 3.44. The normalized spacial score (nSPS) is 16.5. The maximum Gasteiger partial charge on any atom is 0.0704 e. The first-order valence-electron chi connectivity index (χ1n) is 9.60. The van der Waals surface area contributed by atoms with Gasteiger partial charge in [0.15, 0.2) is 0 Å². The molecule has 1 heterocycles. The molecule has 1 heteroatoms. The number of fused-ring (bicyclic) bond motifs is 3. The summed E-state index contributed by atoms with van der Waals surface area (Å²) in [6.45, 7) is 6.19. The lowest BCUT2D eigenvalue weighted by atomic mass is 9.81. The van der Waals surface area contributed by atoms with Crippen LogP contribution in [0.25, 0.3) is 28.5 Å². The highest BCUT2D eigenvalue weighted by atomic mass is 14.7. The number of nitrogens with zero attached hydrogens (tertiary/aromatic N) is 1. The quantitative estimate of drug-likeness (QED) is 0.565. The van der Waals surface area contributed by atoms with Crippen molar-refractivity contribution in [2.75, 3.05) is 0 Å². The van der Waals surface area contributed by atoms with Crippen molar-refractivity contribution in [2.45, 2.75) is 26.1 Å². The Balaban J connectivity index is 1.85. The number of benzene rings is 2. The van der Waals surface area contributed by atoms with E-state index < -0.39 is 6.85 Å². The van der Waals surface area contributed by atoms with Crippen LogP contribution in [0.15, 0.2) is 61.3 Å². The molecule has 0 unspecified atom stereocenters. The van der Waals surface area contributed by atoms with Gasteiger partial charge in [-0.3, -0.25) is 4.98 Å². The van der Waals surface area contributed by atoms with Gasteiger partial charge < -0.3 is 0 Å². The molecule has 3 aromatic rings. The van der Waals surface area contributed by atoms with Crippen molar-refractivity contribution in [3.8, 4) is 22.4 Å². The third kappa shape index (κ3) is 2.12. The molecule has 1 aliphatic rings. The van der Waals surface area contributed by atoms with Crippen molar-refractivity contribution in [3.05, 3.63) is 83.6 Å². The lowest BCUT2D eigenvalue weighted by Crippen LogP contribution is -2.15. The molecule has 4 rings (SSSR count). The van der Waals surface area contributed by atoms with E-state index >= 15 is 0 Å². The summed E-state index contributed by atoms with van der Waals surface area (Å²) >= 11 is 0. The lowest BCUT2D eigenvalue weighted by Gasteiger charge is -2.22. The van der Waals surface area contributed by atoms with Crippen LogP contribution in [0.5, 0.6) is 0 Å². The zero-order valence-corrected chi connectivity index (χ0v) is 13.9. The van der Waals surface area contributed by atoms with Crippen molar-refractivity contribution in [2.24, 2.45) is 0 Å². The third-order valence-electron chi connectivity index (χ3n) is 4.99. The van der Waals surface area contributed by atoms with Crippen LogP contribution in [0, 0.1) is 6.85 Å². The molecular weight excluding hydrogens is 290 g/mol. The van der Waals surface area contributed by atoms with Gasteiger partial charge in [-0.2, -0.15) is 0 Å². The van der Waals surface area contributed by atoms with Crippen LogP contribution in [0.1, 0.15) is 40.2 Å².